The number of esters is 4. The largest absolute Gasteiger partial charge is 0.472 e. The quantitative estimate of drug-likeness (QED) is 0.0222. The third-order valence-electron chi connectivity index (χ3n) is 16.8. The lowest BCUT2D eigenvalue weighted by molar-refractivity contribution is -0.161. The summed E-state index contributed by atoms with van der Waals surface area (Å²) >= 11 is 0. The van der Waals surface area contributed by atoms with Gasteiger partial charge in [0.15, 0.2) is 12.2 Å². The van der Waals surface area contributed by atoms with Gasteiger partial charge < -0.3 is 33.8 Å². The Morgan fingerprint density at radius 3 is 0.747 bits per heavy atom. The normalized spacial score (nSPS) is 14.0. The van der Waals surface area contributed by atoms with Crippen LogP contribution in [-0.4, -0.2) is 96.7 Å². The van der Waals surface area contributed by atoms with Gasteiger partial charge in [-0.3, -0.25) is 37.3 Å². The van der Waals surface area contributed by atoms with E-state index < -0.39 is 97.5 Å². The molecule has 0 aromatic rings. The molecule has 0 aromatic heterocycles. The number of hydrogen-bond acceptors (Lipinski definition) is 15. The van der Waals surface area contributed by atoms with E-state index in [1.807, 2.05) is 0 Å². The van der Waals surface area contributed by atoms with E-state index in [0.717, 1.165) is 102 Å². The first-order valence-electron chi connectivity index (χ1n) is 37.6. The summed E-state index contributed by atoms with van der Waals surface area (Å²) in [5, 5.41) is 10.6. The third-order valence-corrected chi connectivity index (χ3v) is 18.7. The van der Waals surface area contributed by atoms with Crippen LogP contribution in [0.2, 0.25) is 0 Å². The van der Waals surface area contributed by atoms with Crippen LogP contribution in [0.3, 0.4) is 0 Å². The zero-order valence-electron chi connectivity index (χ0n) is 59.0. The molecule has 3 N–H and O–H groups in total. The van der Waals surface area contributed by atoms with E-state index >= 15 is 0 Å². The summed E-state index contributed by atoms with van der Waals surface area (Å²) < 4.78 is 68.2. The highest BCUT2D eigenvalue weighted by Gasteiger charge is 2.30. The zero-order valence-corrected chi connectivity index (χ0v) is 60.8. The Hall–Kier alpha value is -1.94. The number of hydrogen-bond donors (Lipinski definition) is 3. The highest BCUT2D eigenvalue weighted by Crippen LogP contribution is 2.45. The first-order chi connectivity index (χ1) is 44.0. The van der Waals surface area contributed by atoms with Gasteiger partial charge in [-0.2, -0.15) is 0 Å². The second-order valence-corrected chi connectivity index (χ2v) is 29.4. The molecule has 0 rings (SSSR count). The number of ether oxygens (including phenoxy) is 4. The van der Waals surface area contributed by atoms with Crippen molar-refractivity contribution in [3.8, 4) is 0 Å². The van der Waals surface area contributed by atoms with E-state index in [1.165, 1.54) is 193 Å². The van der Waals surface area contributed by atoms with Gasteiger partial charge in [-0.15, -0.1) is 0 Å². The Kier molecular flexibility index (Phi) is 64.0. The van der Waals surface area contributed by atoms with Gasteiger partial charge >= 0.3 is 39.5 Å². The van der Waals surface area contributed by atoms with Gasteiger partial charge in [0.2, 0.25) is 0 Å². The molecule has 0 radical (unpaired) electrons. The summed E-state index contributed by atoms with van der Waals surface area (Å²) in [6.45, 7) is 7.24. The first kappa shape index (κ1) is 89.1. The molecule has 0 saturated carbocycles. The smallest absolute Gasteiger partial charge is 0.462 e. The van der Waals surface area contributed by atoms with Crippen molar-refractivity contribution >= 4 is 39.5 Å². The summed E-state index contributed by atoms with van der Waals surface area (Å²) in [4.78, 5) is 72.5. The Bertz CT molecular complexity index is 1750. The number of phosphoric ester groups is 2. The molecular weight excluding hydrogens is 1200 g/mol. The number of aliphatic hydroxyl groups is 1. The summed E-state index contributed by atoms with van der Waals surface area (Å²) in [6.07, 6.45) is 52.8. The molecule has 0 spiro atoms. The number of rotatable bonds is 72. The van der Waals surface area contributed by atoms with E-state index in [0.29, 0.717) is 25.7 Å². The second kappa shape index (κ2) is 65.4. The summed E-state index contributed by atoms with van der Waals surface area (Å²) in [5.74, 6) is -1.33. The van der Waals surface area contributed by atoms with Crippen LogP contribution in [0.5, 0.6) is 0 Å². The molecule has 91 heavy (non-hydrogen) atoms. The van der Waals surface area contributed by atoms with E-state index in [4.69, 9.17) is 37.0 Å². The van der Waals surface area contributed by atoms with Gasteiger partial charge in [0, 0.05) is 25.7 Å². The van der Waals surface area contributed by atoms with E-state index in [-0.39, 0.29) is 25.7 Å². The van der Waals surface area contributed by atoms with Gasteiger partial charge in [-0.1, -0.05) is 324 Å². The predicted octanol–water partition coefficient (Wildman–Crippen LogP) is 20.9. The molecule has 0 heterocycles. The van der Waals surface area contributed by atoms with Crippen LogP contribution in [0, 0.1) is 5.92 Å². The van der Waals surface area contributed by atoms with Gasteiger partial charge in [0.1, 0.15) is 19.3 Å². The fourth-order valence-corrected chi connectivity index (χ4v) is 12.6. The van der Waals surface area contributed by atoms with Crippen LogP contribution >= 0.6 is 15.6 Å². The van der Waals surface area contributed by atoms with Crippen LogP contribution in [0.15, 0.2) is 0 Å². The van der Waals surface area contributed by atoms with Crippen molar-refractivity contribution in [2.45, 2.75) is 393 Å². The molecule has 540 valence electrons. The molecule has 0 saturated heterocycles. The van der Waals surface area contributed by atoms with Crippen molar-refractivity contribution in [2.75, 3.05) is 39.6 Å². The number of aliphatic hydroxyl groups excluding tert-OH is 1. The van der Waals surface area contributed by atoms with Crippen molar-refractivity contribution in [3.63, 3.8) is 0 Å². The maximum atomic E-state index is 13.0. The van der Waals surface area contributed by atoms with Gasteiger partial charge in [0.05, 0.1) is 26.4 Å². The molecule has 0 aliphatic heterocycles. The summed E-state index contributed by atoms with van der Waals surface area (Å²) in [6, 6.07) is 0. The highest BCUT2D eigenvalue weighted by atomic mass is 31.2. The minimum Gasteiger partial charge on any atom is -0.462 e. The molecule has 2 unspecified atom stereocenters. The lowest BCUT2D eigenvalue weighted by atomic mass is 10.0. The topological polar surface area (TPSA) is 237 Å². The Balaban J connectivity index is 5.18. The monoisotopic (exact) mass is 1340 g/mol. The van der Waals surface area contributed by atoms with Crippen molar-refractivity contribution < 1.29 is 80.2 Å². The van der Waals surface area contributed by atoms with E-state index in [1.54, 1.807) is 0 Å². The Labute approximate surface area is 556 Å². The lowest BCUT2D eigenvalue weighted by Gasteiger charge is -2.21. The van der Waals surface area contributed by atoms with Crippen LogP contribution in [0.25, 0.3) is 0 Å². The summed E-state index contributed by atoms with van der Waals surface area (Å²) in [5.41, 5.74) is 0. The fourth-order valence-electron chi connectivity index (χ4n) is 11.0. The molecule has 19 heteroatoms. The molecule has 0 bridgehead atoms. The first-order valence-corrected chi connectivity index (χ1v) is 40.6. The molecular formula is C72H140O17P2. The van der Waals surface area contributed by atoms with E-state index in [9.17, 15) is 43.2 Å². The van der Waals surface area contributed by atoms with Gasteiger partial charge in [-0.05, 0) is 31.6 Å². The minimum atomic E-state index is -4.95. The standard InChI is InChI=1S/C72H140O17P2/c1-6-9-12-15-18-21-22-23-24-25-26-30-33-37-41-46-51-56-70(75)83-62-68(89-72(77)58-53-48-43-38-34-31-28-27-29-32-36-39-44-49-54-65(4)5)64-87-91(80,81)85-60-66(73)59-84-90(78,79)86-63-67(61-82-69(74)55-50-45-40-20-17-14-11-8-3)88-71(76)57-52-47-42-35-19-16-13-10-7-2/h65-68,73H,6-64H2,1-5H3,(H,78,79)(H,80,81)/t66-,67+,68+/m0/s1. The Morgan fingerprint density at radius 1 is 0.297 bits per heavy atom. The summed E-state index contributed by atoms with van der Waals surface area (Å²) in [7, 11) is -9.90. The molecule has 0 aliphatic carbocycles. The second-order valence-electron chi connectivity index (χ2n) is 26.5. The molecule has 0 aromatic carbocycles. The van der Waals surface area contributed by atoms with Crippen LogP contribution in [0.1, 0.15) is 375 Å². The maximum absolute atomic E-state index is 13.0. The Morgan fingerprint density at radius 2 is 0.505 bits per heavy atom. The number of unbranched alkanes of at least 4 members (excludes halogenated alkanes) is 44. The maximum Gasteiger partial charge on any atom is 0.472 e. The van der Waals surface area contributed by atoms with Gasteiger partial charge in [-0.25, -0.2) is 9.13 Å². The molecule has 5 atom stereocenters. The third kappa shape index (κ3) is 66.5. The average Bonchev–Trinajstić information content (AvgIpc) is 3.64. The average molecular weight is 1340 g/mol. The molecule has 0 amide bonds. The molecule has 17 nitrogen and oxygen atoms in total. The highest BCUT2D eigenvalue weighted by molar-refractivity contribution is 7.47. The van der Waals surface area contributed by atoms with Crippen molar-refractivity contribution in [2.24, 2.45) is 5.92 Å². The van der Waals surface area contributed by atoms with Crippen molar-refractivity contribution in [1.82, 2.24) is 0 Å². The lowest BCUT2D eigenvalue weighted by Crippen LogP contribution is -2.30. The SMILES string of the molecule is CCCCCCCCCCCCCCCCCCCC(=O)OC[C@H](COP(=O)(O)OC[C@@H](O)COP(=O)(O)OC[C@@H](COC(=O)CCCCCCCCCC)OC(=O)CCCCCCCCCCC)OC(=O)CCCCCCCCCCCCCCCCC(C)C. The number of carbonyl (C=O) groups excluding carboxylic acids is 4. The van der Waals surface area contributed by atoms with E-state index in [2.05, 4.69) is 34.6 Å². The van der Waals surface area contributed by atoms with Crippen LogP contribution in [-0.2, 0) is 65.4 Å². The molecule has 0 fully saturated rings. The van der Waals surface area contributed by atoms with Crippen molar-refractivity contribution in [3.05, 3.63) is 0 Å². The number of phosphoric acid groups is 2. The molecule has 0 aliphatic rings. The number of carbonyl (C=O) groups is 4. The van der Waals surface area contributed by atoms with Crippen LogP contribution < -0.4 is 0 Å². The zero-order chi connectivity index (χ0) is 67.0. The fraction of sp³-hybridized carbons (Fsp3) is 0.944. The van der Waals surface area contributed by atoms with Crippen molar-refractivity contribution in [1.29, 1.82) is 0 Å². The van der Waals surface area contributed by atoms with Crippen LogP contribution in [0.4, 0.5) is 0 Å². The van der Waals surface area contributed by atoms with Gasteiger partial charge in [0.25, 0.3) is 0 Å². The minimum absolute atomic E-state index is 0.106. The predicted molar refractivity (Wildman–Crippen MR) is 368 cm³/mol.